The number of nitrogens with zero attached hydrogens (tertiary/aromatic N) is 3. The maximum Gasteiger partial charge on any atom is 0.113 e. The zero-order valence-electron chi connectivity index (χ0n) is 8.14. The average Bonchev–Trinajstić information content (AvgIpc) is 2.61. The summed E-state index contributed by atoms with van der Waals surface area (Å²) in [6, 6.07) is 7.81. The molecule has 0 amide bonds. The Morgan fingerprint density at radius 2 is 2.21 bits per heavy atom. The second-order valence-corrected chi connectivity index (χ2v) is 2.98. The molecule has 0 saturated heterocycles. The number of fused-ring (bicyclic) bond motifs is 1. The van der Waals surface area contributed by atoms with E-state index in [-0.39, 0.29) is 0 Å². The maximum atomic E-state index is 4.93. The SMILES string of the molecule is CO/C=C(\C)n1nnc2ccccc21. The van der Waals surface area contributed by atoms with Crippen molar-refractivity contribution in [1.29, 1.82) is 0 Å². The standard InChI is InChI=1S/C10H11N3O/c1-8(7-14-2)13-10-6-4-3-5-9(10)11-12-13/h3-7H,1-2H3/b8-7+. The third kappa shape index (κ3) is 1.35. The van der Waals surface area contributed by atoms with Crippen molar-refractivity contribution in [1.82, 2.24) is 15.0 Å². The molecule has 0 N–H and O–H groups in total. The molecule has 14 heavy (non-hydrogen) atoms. The molecule has 0 aliphatic carbocycles. The Balaban J connectivity index is 2.58. The maximum absolute atomic E-state index is 4.93. The fourth-order valence-electron chi connectivity index (χ4n) is 1.35. The Morgan fingerprint density at radius 1 is 1.43 bits per heavy atom. The lowest BCUT2D eigenvalue weighted by Crippen LogP contribution is -1.96. The summed E-state index contributed by atoms with van der Waals surface area (Å²) in [6.07, 6.45) is 1.64. The predicted octanol–water partition coefficient (Wildman–Crippen LogP) is 1.90. The van der Waals surface area contributed by atoms with Crippen molar-refractivity contribution < 1.29 is 4.74 Å². The van der Waals surface area contributed by atoms with Crippen LogP contribution in [0.25, 0.3) is 16.7 Å². The zero-order valence-corrected chi connectivity index (χ0v) is 8.14. The van der Waals surface area contributed by atoms with Crippen LogP contribution in [0.5, 0.6) is 0 Å². The van der Waals surface area contributed by atoms with Crippen LogP contribution in [0.1, 0.15) is 6.92 Å². The lowest BCUT2D eigenvalue weighted by Gasteiger charge is -2.00. The van der Waals surface area contributed by atoms with Gasteiger partial charge in [0, 0.05) is 0 Å². The highest BCUT2D eigenvalue weighted by Crippen LogP contribution is 2.13. The minimum atomic E-state index is 0.886. The van der Waals surface area contributed by atoms with Crippen LogP contribution in [0.2, 0.25) is 0 Å². The van der Waals surface area contributed by atoms with Crippen LogP contribution >= 0.6 is 0 Å². The quantitative estimate of drug-likeness (QED) is 0.677. The van der Waals surface area contributed by atoms with Crippen molar-refractivity contribution in [2.45, 2.75) is 6.92 Å². The van der Waals surface area contributed by atoms with Gasteiger partial charge < -0.3 is 4.74 Å². The van der Waals surface area contributed by atoms with Gasteiger partial charge in [-0.3, -0.25) is 0 Å². The Kier molecular flexibility index (Phi) is 2.18. The van der Waals surface area contributed by atoms with E-state index in [1.165, 1.54) is 0 Å². The van der Waals surface area contributed by atoms with E-state index in [1.54, 1.807) is 18.1 Å². The van der Waals surface area contributed by atoms with Gasteiger partial charge in [0.2, 0.25) is 0 Å². The largest absolute Gasteiger partial charge is 0.502 e. The van der Waals surface area contributed by atoms with E-state index in [1.807, 2.05) is 31.2 Å². The summed E-state index contributed by atoms with van der Waals surface area (Å²) in [5, 5.41) is 8.07. The zero-order chi connectivity index (χ0) is 9.97. The molecule has 0 bridgehead atoms. The molecule has 0 aliphatic rings. The summed E-state index contributed by atoms with van der Waals surface area (Å²) in [5.74, 6) is 0. The monoisotopic (exact) mass is 189 g/mol. The number of hydrogen-bond donors (Lipinski definition) is 0. The first-order chi connectivity index (χ1) is 6.83. The van der Waals surface area contributed by atoms with Crippen molar-refractivity contribution in [2.24, 2.45) is 0 Å². The van der Waals surface area contributed by atoms with Crippen LogP contribution in [0.3, 0.4) is 0 Å². The predicted molar refractivity (Wildman–Crippen MR) is 54.5 cm³/mol. The molecular weight excluding hydrogens is 178 g/mol. The van der Waals surface area contributed by atoms with Gasteiger partial charge in [0.15, 0.2) is 0 Å². The van der Waals surface area contributed by atoms with E-state index < -0.39 is 0 Å². The van der Waals surface area contributed by atoms with Crippen LogP contribution in [-0.2, 0) is 4.74 Å². The Bertz CT molecular complexity index is 473. The van der Waals surface area contributed by atoms with Crippen LogP contribution in [0.15, 0.2) is 30.5 Å². The average molecular weight is 189 g/mol. The van der Waals surface area contributed by atoms with Gasteiger partial charge in [-0.1, -0.05) is 17.3 Å². The van der Waals surface area contributed by atoms with E-state index in [0.717, 1.165) is 16.7 Å². The summed E-state index contributed by atoms with van der Waals surface area (Å²) < 4.78 is 6.67. The third-order valence-electron chi connectivity index (χ3n) is 1.97. The summed E-state index contributed by atoms with van der Waals surface area (Å²) in [6.45, 7) is 1.92. The minimum Gasteiger partial charge on any atom is -0.502 e. The Hall–Kier alpha value is -1.84. The number of allylic oxidation sites excluding steroid dienone is 1. The van der Waals surface area contributed by atoms with Gasteiger partial charge >= 0.3 is 0 Å². The number of aromatic nitrogens is 3. The molecule has 0 aliphatic heterocycles. The molecular formula is C10H11N3O. The number of hydrogen-bond acceptors (Lipinski definition) is 3. The fraction of sp³-hybridized carbons (Fsp3) is 0.200. The number of para-hydroxylation sites is 1. The molecule has 1 heterocycles. The lowest BCUT2D eigenvalue weighted by atomic mass is 10.3. The number of benzene rings is 1. The summed E-state index contributed by atoms with van der Waals surface area (Å²) >= 11 is 0. The first-order valence-electron chi connectivity index (χ1n) is 4.33. The Labute approximate surface area is 81.8 Å². The Morgan fingerprint density at radius 3 is 3.00 bits per heavy atom. The molecule has 0 radical (unpaired) electrons. The normalized spacial score (nSPS) is 12.0. The van der Waals surface area contributed by atoms with Crippen LogP contribution < -0.4 is 0 Å². The second-order valence-electron chi connectivity index (χ2n) is 2.98. The van der Waals surface area contributed by atoms with Gasteiger partial charge in [0.05, 0.1) is 18.3 Å². The van der Waals surface area contributed by atoms with E-state index in [2.05, 4.69) is 10.3 Å². The molecule has 72 valence electrons. The molecule has 0 atom stereocenters. The summed E-state index contributed by atoms with van der Waals surface area (Å²) in [7, 11) is 1.61. The fourth-order valence-corrected chi connectivity index (χ4v) is 1.35. The highest BCUT2D eigenvalue weighted by atomic mass is 16.5. The minimum absolute atomic E-state index is 0.886. The highest BCUT2D eigenvalue weighted by molar-refractivity contribution is 5.77. The van der Waals surface area contributed by atoms with Crippen molar-refractivity contribution in [2.75, 3.05) is 7.11 Å². The van der Waals surface area contributed by atoms with Gasteiger partial charge in [0.25, 0.3) is 0 Å². The van der Waals surface area contributed by atoms with E-state index in [9.17, 15) is 0 Å². The number of methoxy groups -OCH3 is 1. The summed E-state index contributed by atoms with van der Waals surface area (Å²) in [5.41, 5.74) is 2.77. The van der Waals surface area contributed by atoms with Crippen molar-refractivity contribution in [3.05, 3.63) is 30.5 Å². The van der Waals surface area contributed by atoms with Gasteiger partial charge in [-0.2, -0.15) is 0 Å². The molecule has 2 rings (SSSR count). The van der Waals surface area contributed by atoms with Crippen molar-refractivity contribution >= 4 is 16.7 Å². The third-order valence-corrected chi connectivity index (χ3v) is 1.97. The lowest BCUT2D eigenvalue weighted by molar-refractivity contribution is 0.337. The van der Waals surface area contributed by atoms with E-state index in [0.29, 0.717) is 0 Å². The molecule has 0 fully saturated rings. The molecule has 0 spiro atoms. The second kappa shape index (κ2) is 3.49. The first-order valence-corrected chi connectivity index (χ1v) is 4.33. The van der Waals surface area contributed by atoms with Gasteiger partial charge in [-0.15, -0.1) is 5.10 Å². The van der Waals surface area contributed by atoms with Gasteiger partial charge in [-0.25, -0.2) is 4.68 Å². The smallest absolute Gasteiger partial charge is 0.113 e. The molecule has 1 aromatic heterocycles. The molecule has 0 saturated carbocycles. The molecule has 4 heteroatoms. The van der Waals surface area contributed by atoms with Crippen molar-refractivity contribution in [3.63, 3.8) is 0 Å². The van der Waals surface area contributed by atoms with Gasteiger partial charge in [0.1, 0.15) is 11.8 Å². The molecule has 0 unspecified atom stereocenters. The van der Waals surface area contributed by atoms with Crippen LogP contribution in [0.4, 0.5) is 0 Å². The molecule has 1 aromatic carbocycles. The first kappa shape index (κ1) is 8.74. The van der Waals surface area contributed by atoms with Gasteiger partial charge in [-0.05, 0) is 19.1 Å². The topological polar surface area (TPSA) is 39.9 Å². The van der Waals surface area contributed by atoms with E-state index in [4.69, 9.17) is 4.74 Å². The summed E-state index contributed by atoms with van der Waals surface area (Å²) in [4.78, 5) is 0. The molecule has 2 aromatic rings. The number of ether oxygens (including phenoxy) is 1. The highest BCUT2D eigenvalue weighted by Gasteiger charge is 2.03. The van der Waals surface area contributed by atoms with E-state index >= 15 is 0 Å². The van der Waals surface area contributed by atoms with Crippen LogP contribution in [0, 0.1) is 0 Å². The number of rotatable bonds is 2. The molecule has 4 nitrogen and oxygen atoms in total. The van der Waals surface area contributed by atoms with Crippen molar-refractivity contribution in [3.8, 4) is 0 Å². The van der Waals surface area contributed by atoms with Crippen LogP contribution in [-0.4, -0.2) is 22.1 Å².